The molecule has 0 saturated heterocycles. The van der Waals surface area contributed by atoms with Crippen molar-refractivity contribution >= 4 is 22.1 Å². The maximum atomic E-state index is 4.86. The van der Waals surface area contributed by atoms with Gasteiger partial charge in [-0.25, -0.2) is 15.0 Å². The number of pyridine rings is 1. The van der Waals surface area contributed by atoms with E-state index in [9.17, 15) is 0 Å². The maximum Gasteiger partial charge on any atom is 0.159 e. The number of rotatable bonds is 2. The number of imidazole rings is 2. The first-order valence-corrected chi connectivity index (χ1v) is 8.53. The van der Waals surface area contributed by atoms with Gasteiger partial charge in [0.1, 0.15) is 11.4 Å². The van der Waals surface area contributed by atoms with E-state index in [1.54, 1.807) is 0 Å². The van der Waals surface area contributed by atoms with Gasteiger partial charge in [-0.3, -0.25) is 0 Å². The van der Waals surface area contributed by atoms with Crippen LogP contribution in [-0.2, 0) is 32.7 Å². The number of aryl methyl sites for hydroxylation is 2. The van der Waals surface area contributed by atoms with Crippen LogP contribution in [0.5, 0.6) is 0 Å². The Balaban J connectivity index is 0.00000112. The van der Waals surface area contributed by atoms with Crippen molar-refractivity contribution in [2.24, 2.45) is 14.1 Å². The van der Waals surface area contributed by atoms with Gasteiger partial charge in [0.25, 0.3) is 0 Å². The van der Waals surface area contributed by atoms with E-state index in [-0.39, 0.29) is 55.8 Å². The van der Waals surface area contributed by atoms with E-state index in [0.717, 1.165) is 45.1 Å². The fourth-order valence-corrected chi connectivity index (χ4v) is 3.43. The largest absolute Gasteiger partial charge is 1.00 e. The van der Waals surface area contributed by atoms with Crippen molar-refractivity contribution in [2.45, 2.75) is 0 Å². The van der Waals surface area contributed by atoms with Gasteiger partial charge in [-0.2, -0.15) is 0 Å². The van der Waals surface area contributed by atoms with E-state index in [4.69, 9.17) is 15.0 Å². The summed E-state index contributed by atoms with van der Waals surface area (Å²) in [5.41, 5.74) is 5.82. The number of halogens is 3. The number of benzene rings is 2. The third-order valence-corrected chi connectivity index (χ3v) is 4.78. The Morgan fingerprint density at radius 1 is 0.533 bits per heavy atom. The standard InChI is InChI=1S/C21H17N5.3ClH.V/c1-25-18-12-5-3-8-14(18)23-20(25)16-10-7-11-17(22-16)21-24-15-9-4-6-13-19(15)26(21)2;;;;/h3-13H,1-2H3;3*1H;/p-3. The molecule has 0 aliphatic carbocycles. The zero-order chi connectivity index (χ0) is 17.7. The van der Waals surface area contributed by atoms with Crippen LogP contribution in [0.4, 0.5) is 0 Å². The Labute approximate surface area is 205 Å². The Kier molecular flexibility index (Phi) is 8.97. The maximum absolute atomic E-state index is 4.86. The van der Waals surface area contributed by atoms with Crippen molar-refractivity contribution < 1.29 is 55.8 Å². The van der Waals surface area contributed by atoms with E-state index in [1.807, 2.05) is 68.7 Å². The molecule has 0 fully saturated rings. The third kappa shape index (κ3) is 4.22. The van der Waals surface area contributed by atoms with Crippen molar-refractivity contribution in [3.8, 4) is 23.0 Å². The SMILES string of the molecule is Cn1c(-c2cccc(-c3nc4ccccc4n3C)n2)nc2ccccc21.[Cl-].[Cl-].[Cl-].[V]. The molecule has 1 radical (unpaired) electrons. The first-order valence-electron chi connectivity index (χ1n) is 8.53. The number of para-hydroxylation sites is 4. The number of hydrogen-bond donors (Lipinski definition) is 0. The predicted molar refractivity (Wildman–Crippen MR) is 104 cm³/mol. The molecule has 5 nitrogen and oxygen atoms in total. The van der Waals surface area contributed by atoms with Crippen LogP contribution in [0.25, 0.3) is 45.1 Å². The average Bonchev–Trinajstić information content (AvgIpc) is 3.20. The second-order valence-electron chi connectivity index (χ2n) is 6.37. The minimum Gasteiger partial charge on any atom is -1.00 e. The second-order valence-corrected chi connectivity index (χ2v) is 6.37. The molecule has 3 heterocycles. The minimum atomic E-state index is 0. The summed E-state index contributed by atoms with van der Waals surface area (Å²) >= 11 is 0. The Bertz CT molecular complexity index is 1190. The monoisotopic (exact) mass is 495 g/mol. The Hall–Kier alpha value is -2.02. The molecule has 155 valence electrons. The fraction of sp³-hybridized carbons (Fsp3) is 0.0952. The summed E-state index contributed by atoms with van der Waals surface area (Å²) < 4.78 is 4.16. The van der Waals surface area contributed by atoms with Gasteiger partial charge in [0.2, 0.25) is 0 Å². The van der Waals surface area contributed by atoms with Gasteiger partial charge in [0.05, 0.1) is 22.1 Å². The van der Waals surface area contributed by atoms with Gasteiger partial charge in [0, 0.05) is 32.7 Å². The molecule has 0 atom stereocenters. The number of hydrogen-bond acceptors (Lipinski definition) is 3. The molecule has 0 aliphatic rings. The summed E-state index contributed by atoms with van der Waals surface area (Å²) in [4.78, 5) is 14.4. The van der Waals surface area contributed by atoms with Crippen LogP contribution in [0.1, 0.15) is 0 Å². The fourth-order valence-electron chi connectivity index (χ4n) is 3.43. The summed E-state index contributed by atoms with van der Waals surface area (Å²) in [7, 11) is 4.04. The van der Waals surface area contributed by atoms with Crippen LogP contribution in [0, 0.1) is 0 Å². The Morgan fingerprint density at radius 2 is 0.933 bits per heavy atom. The molecule has 0 bridgehead atoms. The normalized spacial score (nSPS) is 9.93. The molecule has 5 aromatic rings. The predicted octanol–water partition coefficient (Wildman–Crippen LogP) is -4.80. The van der Waals surface area contributed by atoms with Crippen LogP contribution in [0.3, 0.4) is 0 Å². The van der Waals surface area contributed by atoms with Crippen LogP contribution < -0.4 is 37.2 Å². The zero-order valence-electron chi connectivity index (χ0n) is 16.2. The van der Waals surface area contributed by atoms with Crippen LogP contribution in [0.15, 0.2) is 66.7 Å². The van der Waals surface area contributed by atoms with E-state index >= 15 is 0 Å². The molecule has 0 amide bonds. The third-order valence-electron chi connectivity index (χ3n) is 4.78. The summed E-state index contributed by atoms with van der Waals surface area (Å²) in [6.45, 7) is 0. The smallest absolute Gasteiger partial charge is 0.159 e. The van der Waals surface area contributed by atoms with E-state index < -0.39 is 0 Å². The minimum absolute atomic E-state index is 0. The summed E-state index contributed by atoms with van der Waals surface area (Å²) in [5.74, 6) is 1.71. The second kappa shape index (κ2) is 10.3. The Morgan fingerprint density at radius 3 is 1.33 bits per heavy atom. The molecule has 9 heteroatoms. The first kappa shape index (κ1) is 26.0. The molecule has 3 aromatic heterocycles. The number of aromatic nitrogens is 5. The summed E-state index contributed by atoms with van der Waals surface area (Å²) in [6, 6.07) is 22.2. The van der Waals surface area contributed by atoms with Gasteiger partial charge >= 0.3 is 0 Å². The topological polar surface area (TPSA) is 48.5 Å². The summed E-state index contributed by atoms with van der Waals surface area (Å²) in [5, 5.41) is 0. The summed E-state index contributed by atoms with van der Waals surface area (Å²) in [6.07, 6.45) is 0. The van der Waals surface area contributed by atoms with E-state index in [2.05, 4.69) is 21.3 Å². The number of fused-ring (bicyclic) bond motifs is 2. The van der Waals surface area contributed by atoms with Crippen molar-refractivity contribution in [1.82, 2.24) is 24.1 Å². The molecule has 0 spiro atoms. The van der Waals surface area contributed by atoms with Gasteiger partial charge in [-0.05, 0) is 36.4 Å². The first-order chi connectivity index (χ1) is 12.7. The van der Waals surface area contributed by atoms with Crippen LogP contribution in [-0.4, -0.2) is 24.1 Å². The molecule has 0 aliphatic heterocycles. The quantitative estimate of drug-likeness (QED) is 0.247. The van der Waals surface area contributed by atoms with Gasteiger partial charge in [0.15, 0.2) is 11.6 Å². The zero-order valence-corrected chi connectivity index (χ0v) is 19.8. The van der Waals surface area contributed by atoms with Crippen molar-refractivity contribution in [1.29, 1.82) is 0 Å². The van der Waals surface area contributed by atoms with Crippen molar-refractivity contribution in [2.75, 3.05) is 0 Å². The molecule has 0 unspecified atom stereocenters. The molecule has 5 rings (SSSR count). The van der Waals surface area contributed by atoms with Crippen molar-refractivity contribution in [3.63, 3.8) is 0 Å². The van der Waals surface area contributed by atoms with Gasteiger partial charge < -0.3 is 46.4 Å². The number of nitrogens with zero attached hydrogens (tertiary/aromatic N) is 5. The van der Waals surface area contributed by atoms with Crippen LogP contribution >= 0.6 is 0 Å². The molecule has 0 saturated carbocycles. The molecular formula is C21H17Cl3N5V-3. The van der Waals surface area contributed by atoms with Crippen LogP contribution in [0.2, 0.25) is 0 Å². The van der Waals surface area contributed by atoms with Gasteiger partial charge in [-0.15, -0.1) is 0 Å². The average molecular weight is 497 g/mol. The molecule has 0 N–H and O–H groups in total. The van der Waals surface area contributed by atoms with E-state index in [1.165, 1.54) is 0 Å². The van der Waals surface area contributed by atoms with E-state index in [0.29, 0.717) is 0 Å². The van der Waals surface area contributed by atoms with Gasteiger partial charge in [-0.1, -0.05) is 30.3 Å². The molecular weight excluding hydrogens is 480 g/mol. The molecule has 30 heavy (non-hydrogen) atoms. The molecule has 2 aromatic carbocycles. The van der Waals surface area contributed by atoms with Crippen molar-refractivity contribution in [3.05, 3.63) is 66.7 Å².